The number of cyclic esters (lactones) is 1. The van der Waals surface area contributed by atoms with E-state index < -0.39 is 17.6 Å². The van der Waals surface area contributed by atoms with E-state index in [9.17, 15) is 13.6 Å². The summed E-state index contributed by atoms with van der Waals surface area (Å²) in [5, 5.41) is -0.119. The number of carbonyl (C=O) groups excluding carboxylic acids is 1. The third-order valence-corrected chi connectivity index (χ3v) is 3.74. The van der Waals surface area contributed by atoms with Gasteiger partial charge in [0.1, 0.15) is 12.4 Å². The molecule has 1 aliphatic rings. The summed E-state index contributed by atoms with van der Waals surface area (Å²) in [7, 11) is 0. The topological polar surface area (TPSA) is 47.9 Å². The van der Waals surface area contributed by atoms with Crippen molar-refractivity contribution in [3.8, 4) is 5.75 Å². The summed E-state index contributed by atoms with van der Waals surface area (Å²) in [5.74, 6) is -2.63. The predicted molar refractivity (Wildman–Crippen MR) is 94.1 cm³/mol. The van der Waals surface area contributed by atoms with E-state index in [1.54, 1.807) is 30.3 Å². The van der Waals surface area contributed by atoms with E-state index >= 15 is 0 Å². The van der Waals surface area contributed by atoms with Crippen molar-refractivity contribution in [3.63, 3.8) is 0 Å². The van der Waals surface area contributed by atoms with Gasteiger partial charge >= 0.3 is 5.97 Å². The Morgan fingerprint density at radius 2 is 1.96 bits per heavy atom. The number of carbonyl (C=O) groups is 1. The highest BCUT2D eigenvalue weighted by Gasteiger charge is 2.27. The number of halogens is 3. The minimum Gasteiger partial charge on any atom is -0.489 e. The highest BCUT2D eigenvalue weighted by Crippen LogP contribution is 2.27. The van der Waals surface area contributed by atoms with E-state index in [0.717, 1.165) is 12.1 Å². The van der Waals surface area contributed by atoms with Crippen molar-refractivity contribution in [1.82, 2.24) is 0 Å². The molecule has 0 atom stereocenters. The standard InChI is InChI=1S/C19H12ClF2NO3/c1-2-7-25-17-6-4-3-5-11(17)8-16-19(24)26-18(23-16)12-9-14(21)15(22)10-13(12)20/h2-6,8-10H,1,7H2. The van der Waals surface area contributed by atoms with Crippen LogP contribution in [0.4, 0.5) is 8.78 Å². The van der Waals surface area contributed by atoms with Crippen LogP contribution in [0.2, 0.25) is 5.02 Å². The van der Waals surface area contributed by atoms with E-state index in [1.807, 2.05) is 0 Å². The molecule has 7 heteroatoms. The molecule has 0 unspecified atom stereocenters. The first-order chi connectivity index (χ1) is 12.5. The van der Waals surface area contributed by atoms with E-state index in [2.05, 4.69) is 11.6 Å². The summed E-state index contributed by atoms with van der Waals surface area (Å²) in [6.07, 6.45) is 3.07. The molecule has 2 aromatic rings. The molecule has 0 N–H and O–H groups in total. The lowest BCUT2D eigenvalue weighted by molar-refractivity contribution is -0.129. The van der Waals surface area contributed by atoms with Crippen molar-refractivity contribution in [2.75, 3.05) is 6.61 Å². The van der Waals surface area contributed by atoms with Gasteiger partial charge in [-0.2, -0.15) is 0 Å². The monoisotopic (exact) mass is 375 g/mol. The van der Waals surface area contributed by atoms with Gasteiger partial charge in [0, 0.05) is 5.56 Å². The van der Waals surface area contributed by atoms with Crippen molar-refractivity contribution in [1.29, 1.82) is 0 Å². The smallest absolute Gasteiger partial charge is 0.363 e. The Kier molecular flexibility index (Phi) is 5.14. The predicted octanol–water partition coefficient (Wildman–Crippen LogP) is 4.53. The van der Waals surface area contributed by atoms with Crippen LogP contribution >= 0.6 is 11.6 Å². The van der Waals surface area contributed by atoms with Gasteiger partial charge in [0.25, 0.3) is 0 Å². The molecule has 2 aromatic carbocycles. The summed E-state index contributed by atoms with van der Waals surface area (Å²) in [6.45, 7) is 3.87. The van der Waals surface area contributed by atoms with Gasteiger partial charge in [0.15, 0.2) is 17.3 Å². The molecular weight excluding hydrogens is 364 g/mol. The first-order valence-electron chi connectivity index (χ1n) is 7.50. The second-order valence-electron chi connectivity index (χ2n) is 5.22. The van der Waals surface area contributed by atoms with Crippen LogP contribution in [0.5, 0.6) is 5.75 Å². The zero-order chi connectivity index (χ0) is 18.7. The lowest BCUT2D eigenvalue weighted by atomic mass is 10.1. The molecule has 26 heavy (non-hydrogen) atoms. The van der Waals surface area contributed by atoms with Gasteiger partial charge in [-0.15, -0.1) is 0 Å². The zero-order valence-electron chi connectivity index (χ0n) is 13.3. The molecule has 0 radical (unpaired) electrons. The first kappa shape index (κ1) is 17.8. The van der Waals surface area contributed by atoms with Gasteiger partial charge in [-0.1, -0.05) is 42.5 Å². The maximum absolute atomic E-state index is 13.5. The Morgan fingerprint density at radius 1 is 1.23 bits per heavy atom. The number of hydrogen-bond donors (Lipinski definition) is 0. The minimum absolute atomic E-state index is 0.0153. The zero-order valence-corrected chi connectivity index (χ0v) is 14.1. The fourth-order valence-electron chi connectivity index (χ4n) is 2.24. The number of para-hydroxylation sites is 1. The maximum Gasteiger partial charge on any atom is 0.363 e. The van der Waals surface area contributed by atoms with Gasteiger partial charge in [-0.3, -0.25) is 0 Å². The van der Waals surface area contributed by atoms with E-state index in [0.29, 0.717) is 17.9 Å². The average molecular weight is 376 g/mol. The number of rotatable bonds is 5. The molecule has 0 saturated heterocycles. The van der Waals surface area contributed by atoms with Gasteiger partial charge < -0.3 is 9.47 Å². The van der Waals surface area contributed by atoms with Gasteiger partial charge in [-0.05, 0) is 24.3 Å². The van der Waals surface area contributed by atoms with Crippen molar-refractivity contribution in [3.05, 3.63) is 82.5 Å². The fourth-order valence-corrected chi connectivity index (χ4v) is 2.47. The van der Waals surface area contributed by atoms with E-state index in [1.165, 1.54) is 6.08 Å². The van der Waals surface area contributed by atoms with Crippen LogP contribution in [-0.4, -0.2) is 18.5 Å². The minimum atomic E-state index is -1.12. The largest absolute Gasteiger partial charge is 0.489 e. The normalized spacial score (nSPS) is 15.0. The molecule has 4 nitrogen and oxygen atoms in total. The summed E-state index contributed by atoms with van der Waals surface area (Å²) in [5.41, 5.74) is 0.566. The second kappa shape index (κ2) is 7.49. The highest BCUT2D eigenvalue weighted by molar-refractivity contribution is 6.34. The first-order valence-corrected chi connectivity index (χ1v) is 7.87. The molecule has 1 heterocycles. The molecule has 3 rings (SSSR count). The van der Waals surface area contributed by atoms with Crippen LogP contribution in [0.1, 0.15) is 11.1 Å². The molecule has 132 valence electrons. The van der Waals surface area contributed by atoms with Crippen LogP contribution in [0.15, 0.2) is 59.7 Å². The highest BCUT2D eigenvalue weighted by atomic mass is 35.5. The third kappa shape index (κ3) is 3.65. The van der Waals surface area contributed by atoms with Crippen molar-refractivity contribution >= 4 is 29.5 Å². The fraction of sp³-hybridized carbons (Fsp3) is 0.0526. The van der Waals surface area contributed by atoms with Gasteiger partial charge in [0.05, 0.1) is 10.6 Å². The molecule has 0 aromatic heterocycles. The summed E-state index contributed by atoms with van der Waals surface area (Å²) >= 11 is 5.89. The maximum atomic E-state index is 13.5. The van der Waals surface area contributed by atoms with Gasteiger partial charge in [0.2, 0.25) is 5.90 Å². The number of benzene rings is 2. The number of nitrogens with zero attached hydrogens (tertiary/aromatic N) is 1. The molecule has 0 spiro atoms. The molecule has 0 bridgehead atoms. The van der Waals surface area contributed by atoms with Crippen LogP contribution in [0, 0.1) is 11.6 Å². The SMILES string of the molecule is C=CCOc1ccccc1C=C1N=C(c2cc(F)c(F)cc2Cl)OC1=O. The molecule has 0 aliphatic carbocycles. The number of hydrogen-bond acceptors (Lipinski definition) is 4. The van der Waals surface area contributed by atoms with Crippen LogP contribution in [-0.2, 0) is 9.53 Å². The van der Waals surface area contributed by atoms with E-state index in [4.69, 9.17) is 21.1 Å². The molecular formula is C19H12ClF2NO3. The third-order valence-electron chi connectivity index (χ3n) is 3.43. The van der Waals surface area contributed by atoms with Crippen molar-refractivity contribution < 1.29 is 23.0 Å². The molecule has 0 fully saturated rings. The van der Waals surface area contributed by atoms with E-state index in [-0.39, 0.29) is 22.2 Å². The average Bonchev–Trinajstić information content (AvgIpc) is 2.98. The molecule has 0 saturated carbocycles. The van der Waals surface area contributed by atoms with Crippen LogP contribution in [0.25, 0.3) is 6.08 Å². The summed E-state index contributed by atoms with van der Waals surface area (Å²) < 4.78 is 37.2. The lowest BCUT2D eigenvalue weighted by Gasteiger charge is -2.06. The van der Waals surface area contributed by atoms with Crippen molar-refractivity contribution in [2.24, 2.45) is 4.99 Å². The second-order valence-corrected chi connectivity index (χ2v) is 5.63. The quantitative estimate of drug-likeness (QED) is 0.334. The number of aliphatic imine (C=N–C) groups is 1. The summed E-state index contributed by atoms with van der Waals surface area (Å²) in [6, 6.07) is 8.63. The Labute approximate surface area is 153 Å². The molecule has 0 amide bonds. The van der Waals surface area contributed by atoms with Crippen LogP contribution < -0.4 is 4.74 Å². The Bertz CT molecular complexity index is 954. The summed E-state index contributed by atoms with van der Waals surface area (Å²) in [4.78, 5) is 16.1. The lowest BCUT2D eigenvalue weighted by Crippen LogP contribution is -2.07. The van der Waals surface area contributed by atoms with Gasteiger partial charge in [-0.25, -0.2) is 18.6 Å². The molecule has 1 aliphatic heterocycles. The number of ether oxygens (including phenoxy) is 2. The van der Waals surface area contributed by atoms with Crippen molar-refractivity contribution in [2.45, 2.75) is 0 Å². The number of esters is 1. The Balaban J connectivity index is 1.98. The Morgan fingerprint density at radius 3 is 2.73 bits per heavy atom. The van der Waals surface area contributed by atoms with Crippen LogP contribution in [0.3, 0.4) is 0 Å². The Hall–Kier alpha value is -2.99.